The number of aliphatic imine (C=N–C) groups is 1. The van der Waals surface area contributed by atoms with Gasteiger partial charge in [0.15, 0.2) is 0 Å². The molecule has 1 amide bonds. The first-order valence-electron chi connectivity index (χ1n) is 10.2. The number of allylic oxidation sites excluding steroid dienone is 3. The molecule has 0 aromatic heterocycles. The van der Waals surface area contributed by atoms with Gasteiger partial charge in [0, 0.05) is 21.9 Å². The summed E-state index contributed by atoms with van der Waals surface area (Å²) in [7, 11) is 0. The molecule has 0 saturated heterocycles. The smallest absolute Gasteiger partial charge is 0.273 e. The highest BCUT2D eigenvalue weighted by Crippen LogP contribution is 2.28. The molecule has 31 heavy (non-hydrogen) atoms. The van der Waals surface area contributed by atoms with E-state index in [9.17, 15) is 4.79 Å². The molecule has 0 radical (unpaired) electrons. The molecule has 6 heteroatoms. The van der Waals surface area contributed by atoms with Crippen LogP contribution in [0.5, 0.6) is 5.75 Å². The maximum atomic E-state index is 12.9. The monoisotopic (exact) mass is 458 g/mol. The number of halogens is 2. The lowest BCUT2D eigenvalue weighted by Gasteiger charge is -2.14. The summed E-state index contributed by atoms with van der Waals surface area (Å²) in [5.41, 5.74) is 4.70. The molecule has 0 unspecified atom stereocenters. The van der Waals surface area contributed by atoms with Crippen LogP contribution in [0.2, 0.25) is 10.0 Å². The van der Waals surface area contributed by atoms with E-state index in [0.717, 1.165) is 33.7 Å². The Morgan fingerprint density at radius 3 is 2.42 bits per heavy atom. The number of carbonyl (C=O) groups is 1. The Hall–Kier alpha value is -2.56. The SMILES string of the molecule is CC/C=C(/N=C/C=C(\C)c1cc(Cl)ccc1Cl)C(=O)Nc1c(C)cc(OCC)cc1C. The maximum Gasteiger partial charge on any atom is 0.273 e. The largest absolute Gasteiger partial charge is 0.494 e. The fourth-order valence-corrected chi connectivity index (χ4v) is 3.50. The quantitative estimate of drug-likeness (QED) is 0.330. The summed E-state index contributed by atoms with van der Waals surface area (Å²) in [4.78, 5) is 17.3. The third kappa shape index (κ3) is 6.98. The Balaban J connectivity index is 2.22. The van der Waals surface area contributed by atoms with Crippen LogP contribution in [-0.2, 0) is 4.79 Å². The van der Waals surface area contributed by atoms with E-state index in [1.807, 2.05) is 52.8 Å². The van der Waals surface area contributed by atoms with Gasteiger partial charge in [0.2, 0.25) is 0 Å². The van der Waals surface area contributed by atoms with E-state index < -0.39 is 0 Å². The number of rotatable bonds is 8. The zero-order valence-electron chi connectivity index (χ0n) is 18.6. The summed E-state index contributed by atoms with van der Waals surface area (Å²) in [6.45, 7) is 10.3. The molecule has 0 aliphatic heterocycles. The number of hydrogen-bond acceptors (Lipinski definition) is 3. The molecule has 0 atom stereocenters. The van der Waals surface area contributed by atoms with Crippen LogP contribution in [0.3, 0.4) is 0 Å². The minimum absolute atomic E-state index is 0.264. The normalized spacial score (nSPS) is 12.4. The number of carbonyl (C=O) groups excluding carboxylic acids is 1. The van der Waals surface area contributed by atoms with Crippen molar-refractivity contribution in [3.63, 3.8) is 0 Å². The van der Waals surface area contributed by atoms with E-state index in [0.29, 0.717) is 28.8 Å². The number of benzene rings is 2. The van der Waals surface area contributed by atoms with Gasteiger partial charge in [-0.1, -0.05) is 36.2 Å². The first-order chi connectivity index (χ1) is 14.8. The standard InChI is InChI=1S/C25H28Cl2N2O2/c1-6-8-23(28-12-11-16(3)21-15-19(26)9-10-22(21)27)25(30)29-24-17(4)13-20(31-7-2)14-18(24)5/h8-15H,6-7H2,1-5H3,(H,29,30)/b16-11+,23-8+,28-12+. The van der Waals surface area contributed by atoms with Crippen LogP contribution in [-0.4, -0.2) is 18.7 Å². The van der Waals surface area contributed by atoms with Crippen molar-refractivity contribution in [1.29, 1.82) is 0 Å². The van der Waals surface area contributed by atoms with Gasteiger partial charge >= 0.3 is 0 Å². The second kappa shape index (κ2) is 11.7. The van der Waals surface area contributed by atoms with Crippen LogP contribution in [0.1, 0.15) is 43.9 Å². The zero-order valence-corrected chi connectivity index (χ0v) is 20.1. The van der Waals surface area contributed by atoms with Crippen molar-refractivity contribution in [3.05, 3.63) is 74.9 Å². The summed E-state index contributed by atoms with van der Waals surface area (Å²) in [5, 5.41) is 4.20. The number of anilines is 1. The first-order valence-corrected chi connectivity index (χ1v) is 10.9. The van der Waals surface area contributed by atoms with E-state index in [-0.39, 0.29) is 5.91 Å². The van der Waals surface area contributed by atoms with Crippen molar-refractivity contribution in [3.8, 4) is 5.75 Å². The summed E-state index contributed by atoms with van der Waals surface area (Å²) in [6.07, 6.45) is 5.89. The lowest BCUT2D eigenvalue weighted by Crippen LogP contribution is -2.15. The molecule has 2 rings (SSSR count). The van der Waals surface area contributed by atoms with Gasteiger partial charge in [-0.05, 0) is 92.8 Å². The second-order valence-corrected chi connectivity index (χ2v) is 7.91. The van der Waals surface area contributed by atoms with Gasteiger partial charge in [-0.3, -0.25) is 9.79 Å². The minimum Gasteiger partial charge on any atom is -0.494 e. The predicted octanol–water partition coefficient (Wildman–Crippen LogP) is 7.42. The average molecular weight is 459 g/mol. The number of hydrogen-bond donors (Lipinski definition) is 1. The molecule has 2 aromatic carbocycles. The van der Waals surface area contributed by atoms with E-state index in [1.165, 1.54) is 0 Å². The Morgan fingerprint density at radius 2 is 1.81 bits per heavy atom. The number of nitrogens with one attached hydrogen (secondary N) is 1. The number of ether oxygens (including phenoxy) is 1. The van der Waals surface area contributed by atoms with E-state index in [2.05, 4.69) is 10.3 Å². The van der Waals surface area contributed by atoms with Gasteiger partial charge in [-0.25, -0.2) is 0 Å². The van der Waals surface area contributed by atoms with Crippen LogP contribution >= 0.6 is 23.2 Å². The van der Waals surface area contributed by atoms with E-state index in [1.54, 1.807) is 30.5 Å². The van der Waals surface area contributed by atoms with Gasteiger partial charge < -0.3 is 10.1 Å². The van der Waals surface area contributed by atoms with Crippen molar-refractivity contribution in [2.75, 3.05) is 11.9 Å². The van der Waals surface area contributed by atoms with Crippen molar-refractivity contribution in [1.82, 2.24) is 0 Å². The Bertz CT molecular complexity index is 1020. The van der Waals surface area contributed by atoms with Gasteiger partial charge in [0.05, 0.1) is 6.61 Å². The number of amides is 1. The summed E-state index contributed by atoms with van der Waals surface area (Å²) >= 11 is 12.3. The highest BCUT2D eigenvalue weighted by Gasteiger charge is 2.13. The van der Waals surface area contributed by atoms with Crippen molar-refractivity contribution in [2.45, 2.75) is 41.0 Å². The molecule has 0 aliphatic rings. The zero-order chi connectivity index (χ0) is 23.0. The van der Waals surface area contributed by atoms with Gasteiger partial charge in [0.25, 0.3) is 5.91 Å². The van der Waals surface area contributed by atoms with Gasteiger partial charge in [-0.2, -0.15) is 0 Å². The fourth-order valence-electron chi connectivity index (χ4n) is 3.06. The average Bonchev–Trinajstić information content (AvgIpc) is 2.71. The van der Waals surface area contributed by atoms with Crippen LogP contribution in [0.25, 0.3) is 5.57 Å². The Morgan fingerprint density at radius 1 is 1.13 bits per heavy atom. The lowest BCUT2D eigenvalue weighted by atomic mass is 10.1. The van der Waals surface area contributed by atoms with Crippen LogP contribution in [0.15, 0.2) is 53.2 Å². The molecular formula is C25H28Cl2N2O2. The van der Waals surface area contributed by atoms with Crippen molar-refractivity contribution in [2.24, 2.45) is 4.99 Å². The van der Waals surface area contributed by atoms with Crippen LogP contribution in [0.4, 0.5) is 5.69 Å². The highest BCUT2D eigenvalue weighted by molar-refractivity contribution is 6.34. The molecule has 164 valence electrons. The molecule has 0 bridgehead atoms. The second-order valence-electron chi connectivity index (χ2n) is 7.07. The molecule has 0 aliphatic carbocycles. The summed E-state index contributed by atoms with van der Waals surface area (Å²) in [6, 6.07) is 9.13. The highest BCUT2D eigenvalue weighted by atomic mass is 35.5. The predicted molar refractivity (Wildman–Crippen MR) is 133 cm³/mol. The Kier molecular flexibility index (Phi) is 9.35. The van der Waals surface area contributed by atoms with Crippen LogP contribution in [0, 0.1) is 13.8 Å². The van der Waals surface area contributed by atoms with E-state index in [4.69, 9.17) is 27.9 Å². The maximum absolute atomic E-state index is 12.9. The molecule has 0 fully saturated rings. The molecule has 0 saturated carbocycles. The Labute approximate surface area is 194 Å². The van der Waals surface area contributed by atoms with Crippen LogP contribution < -0.4 is 10.1 Å². The molecular weight excluding hydrogens is 431 g/mol. The molecule has 4 nitrogen and oxygen atoms in total. The lowest BCUT2D eigenvalue weighted by molar-refractivity contribution is -0.112. The molecule has 0 spiro atoms. The number of nitrogens with zero attached hydrogens (tertiary/aromatic N) is 1. The molecule has 0 heterocycles. The topological polar surface area (TPSA) is 50.7 Å². The van der Waals surface area contributed by atoms with Gasteiger partial charge in [0.1, 0.15) is 11.4 Å². The fraction of sp³-hybridized carbons (Fsp3) is 0.280. The minimum atomic E-state index is -0.264. The number of aryl methyl sites for hydroxylation is 2. The molecule has 1 N–H and O–H groups in total. The molecule has 2 aromatic rings. The third-order valence-electron chi connectivity index (χ3n) is 4.58. The van der Waals surface area contributed by atoms with Gasteiger partial charge in [-0.15, -0.1) is 0 Å². The summed E-state index contributed by atoms with van der Waals surface area (Å²) in [5.74, 6) is 0.526. The first kappa shape index (κ1) is 24.7. The van der Waals surface area contributed by atoms with E-state index >= 15 is 0 Å². The third-order valence-corrected chi connectivity index (χ3v) is 5.14. The summed E-state index contributed by atoms with van der Waals surface area (Å²) < 4.78 is 5.57. The van der Waals surface area contributed by atoms with Crippen molar-refractivity contribution >= 4 is 46.6 Å². The van der Waals surface area contributed by atoms with Crippen molar-refractivity contribution < 1.29 is 9.53 Å².